The molecule has 1 saturated carbocycles. The van der Waals surface area contributed by atoms with E-state index in [1.807, 2.05) is 41.3 Å². The third kappa shape index (κ3) is 3.43. The SMILES string of the molecule is O=C(Nc1cccc(C(=O)N2CCCC2)c1)C1CC1c1ccccc1. The molecule has 1 aliphatic carbocycles. The van der Waals surface area contributed by atoms with Crippen molar-refractivity contribution in [2.75, 3.05) is 18.4 Å². The number of carbonyl (C=O) groups excluding carboxylic acids is 2. The first-order valence-electron chi connectivity index (χ1n) is 8.97. The Bertz CT molecular complexity index is 781. The summed E-state index contributed by atoms with van der Waals surface area (Å²) in [7, 11) is 0. The zero-order chi connectivity index (χ0) is 17.2. The van der Waals surface area contributed by atoms with Crippen molar-refractivity contribution in [1.29, 1.82) is 0 Å². The number of nitrogens with zero attached hydrogens (tertiary/aromatic N) is 1. The molecule has 4 nitrogen and oxygen atoms in total. The van der Waals surface area contributed by atoms with E-state index >= 15 is 0 Å². The summed E-state index contributed by atoms with van der Waals surface area (Å²) in [6, 6.07) is 17.5. The second-order valence-corrected chi connectivity index (χ2v) is 6.93. The molecule has 2 aromatic rings. The van der Waals surface area contributed by atoms with Gasteiger partial charge in [0.1, 0.15) is 0 Å². The monoisotopic (exact) mass is 334 g/mol. The molecule has 25 heavy (non-hydrogen) atoms. The number of rotatable bonds is 4. The van der Waals surface area contributed by atoms with Crippen molar-refractivity contribution in [2.24, 2.45) is 5.92 Å². The first-order chi connectivity index (χ1) is 12.2. The molecule has 0 aromatic heterocycles. The molecule has 4 heteroatoms. The Kier molecular flexibility index (Phi) is 4.26. The number of likely N-dealkylation sites (tertiary alicyclic amines) is 1. The quantitative estimate of drug-likeness (QED) is 0.927. The molecule has 2 amide bonds. The zero-order valence-corrected chi connectivity index (χ0v) is 14.2. The number of hydrogen-bond donors (Lipinski definition) is 1. The van der Waals surface area contributed by atoms with Gasteiger partial charge in [0.05, 0.1) is 0 Å². The Morgan fingerprint density at radius 2 is 1.72 bits per heavy atom. The minimum Gasteiger partial charge on any atom is -0.339 e. The van der Waals surface area contributed by atoms with E-state index in [0.29, 0.717) is 17.2 Å². The highest BCUT2D eigenvalue weighted by molar-refractivity contribution is 5.98. The van der Waals surface area contributed by atoms with Crippen molar-refractivity contribution in [3.8, 4) is 0 Å². The lowest BCUT2D eigenvalue weighted by Crippen LogP contribution is -2.27. The molecule has 2 unspecified atom stereocenters. The highest BCUT2D eigenvalue weighted by Crippen LogP contribution is 2.47. The molecule has 0 bridgehead atoms. The summed E-state index contributed by atoms with van der Waals surface area (Å²) in [5.74, 6) is 0.442. The summed E-state index contributed by atoms with van der Waals surface area (Å²) < 4.78 is 0. The lowest BCUT2D eigenvalue weighted by molar-refractivity contribution is -0.117. The summed E-state index contributed by atoms with van der Waals surface area (Å²) in [5.41, 5.74) is 2.57. The fraction of sp³-hybridized carbons (Fsp3) is 0.333. The molecule has 2 aromatic carbocycles. The standard InChI is InChI=1S/C21H22N2O2/c24-20(19-14-18(19)15-7-2-1-3-8-15)22-17-10-6-9-16(13-17)21(25)23-11-4-5-12-23/h1-3,6-10,13,18-19H,4-5,11-12,14H2,(H,22,24). The van der Waals surface area contributed by atoms with Crippen LogP contribution in [-0.4, -0.2) is 29.8 Å². The van der Waals surface area contributed by atoms with Crippen LogP contribution in [-0.2, 0) is 4.79 Å². The predicted molar refractivity (Wildman–Crippen MR) is 97.5 cm³/mol. The van der Waals surface area contributed by atoms with Crippen LogP contribution in [0.15, 0.2) is 54.6 Å². The lowest BCUT2D eigenvalue weighted by atomic mass is 10.1. The Morgan fingerprint density at radius 3 is 2.48 bits per heavy atom. The maximum absolute atomic E-state index is 12.5. The topological polar surface area (TPSA) is 49.4 Å². The van der Waals surface area contributed by atoms with Crippen molar-refractivity contribution < 1.29 is 9.59 Å². The average molecular weight is 334 g/mol. The largest absolute Gasteiger partial charge is 0.339 e. The van der Waals surface area contributed by atoms with Gasteiger partial charge in [0.2, 0.25) is 5.91 Å². The van der Waals surface area contributed by atoms with E-state index in [1.165, 1.54) is 5.56 Å². The number of nitrogens with one attached hydrogen (secondary N) is 1. The molecular formula is C21H22N2O2. The first kappa shape index (κ1) is 15.9. The molecule has 1 saturated heterocycles. The van der Waals surface area contributed by atoms with Gasteiger partial charge in [-0.1, -0.05) is 36.4 Å². The molecule has 2 aliphatic rings. The van der Waals surface area contributed by atoms with Crippen molar-refractivity contribution >= 4 is 17.5 Å². The van der Waals surface area contributed by atoms with Crippen LogP contribution in [0.1, 0.15) is 41.1 Å². The van der Waals surface area contributed by atoms with Crippen molar-refractivity contribution in [3.63, 3.8) is 0 Å². The number of amides is 2. The average Bonchev–Trinajstić information content (AvgIpc) is 3.27. The van der Waals surface area contributed by atoms with E-state index in [0.717, 1.165) is 32.4 Å². The van der Waals surface area contributed by atoms with Gasteiger partial charge in [0.15, 0.2) is 0 Å². The van der Waals surface area contributed by atoms with E-state index in [-0.39, 0.29) is 17.7 Å². The summed E-state index contributed by atoms with van der Waals surface area (Å²) in [6.45, 7) is 1.66. The van der Waals surface area contributed by atoms with Gasteiger partial charge in [-0.15, -0.1) is 0 Å². The molecule has 1 heterocycles. The van der Waals surface area contributed by atoms with Gasteiger partial charge in [0.25, 0.3) is 5.91 Å². The third-order valence-electron chi connectivity index (χ3n) is 5.13. The zero-order valence-electron chi connectivity index (χ0n) is 14.2. The molecule has 1 aliphatic heterocycles. The van der Waals surface area contributed by atoms with E-state index < -0.39 is 0 Å². The normalized spacial score (nSPS) is 21.8. The maximum atomic E-state index is 12.5. The van der Waals surface area contributed by atoms with Crippen molar-refractivity contribution in [1.82, 2.24) is 4.90 Å². The minimum absolute atomic E-state index is 0.0281. The molecular weight excluding hydrogens is 312 g/mol. The van der Waals surface area contributed by atoms with Gasteiger partial charge >= 0.3 is 0 Å². The van der Waals surface area contributed by atoms with Crippen LogP contribution in [0.5, 0.6) is 0 Å². The molecule has 0 spiro atoms. The van der Waals surface area contributed by atoms with Crippen LogP contribution < -0.4 is 5.32 Å². The maximum Gasteiger partial charge on any atom is 0.253 e. The Morgan fingerprint density at radius 1 is 0.960 bits per heavy atom. The molecule has 0 radical (unpaired) electrons. The van der Waals surface area contributed by atoms with Crippen LogP contribution in [0.3, 0.4) is 0 Å². The summed E-state index contributed by atoms with van der Waals surface area (Å²) in [5, 5.41) is 2.98. The predicted octanol–water partition coefficient (Wildman–Crippen LogP) is 3.66. The van der Waals surface area contributed by atoms with Crippen LogP contribution in [0, 0.1) is 5.92 Å². The van der Waals surface area contributed by atoms with Gasteiger partial charge in [-0.25, -0.2) is 0 Å². The molecule has 128 valence electrons. The second-order valence-electron chi connectivity index (χ2n) is 6.93. The lowest BCUT2D eigenvalue weighted by Gasteiger charge is -2.15. The first-order valence-corrected chi connectivity index (χ1v) is 8.97. The van der Waals surface area contributed by atoms with Crippen LogP contribution >= 0.6 is 0 Å². The fourth-order valence-corrected chi connectivity index (χ4v) is 3.62. The van der Waals surface area contributed by atoms with E-state index in [2.05, 4.69) is 17.4 Å². The van der Waals surface area contributed by atoms with E-state index in [1.54, 1.807) is 6.07 Å². The number of hydrogen-bond acceptors (Lipinski definition) is 2. The highest BCUT2D eigenvalue weighted by Gasteiger charge is 2.43. The van der Waals surface area contributed by atoms with Crippen LogP contribution in [0.25, 0.3) is 0 Å². The third-order valence-corrected chi connectivity index (χ3v) is 5.13. The van der Waals surface area contributed by atoms with Gasteiger partial charge in [-0.05, 0) is 48.9 Å². The molecule has 4 rings (SSSR count). The Balaban J connectivity index is 1.40. The van der Waals surface area contributed by atoms with Gasteiger partial charge < -0.3 is 10.2 Å². The van der Waals surface area contributed by atoms with Crippen LogP contribution in [0.4, 0.5) is 5.69 Å². The Hall–Kier alpha value is -2.62. The molecule has 1 N–H and O–H groups in total. The highest BCUT2D eigenvalue weighted by atomic mass is 16.2. The van der Waals surface area contributed by atoms with Gasteiger partial charge in [-0.2, -0.15) is 0 Å². The Labute approximate surface area is 147 Å². The van der Waals surface area contributed by atoms with Crippen LogP contribution in [0.2, 0.25) is 0 Å². The van der Waals surface area contributed by atoms with Crippen molar-refractivity contribution in [3.05, 3.63) is 65.7 Å². The van der Waals surface area contributed by atoms with E-state index in [4.69, 9.17) is 0 Å². The van der Waals surface area contributed by atoms with E-state index in [9.17, 15) is 9.59 Å². The fourth-order valence-electron chi connectivity index (χ4n) is 3.62. The summed E-state index contributed by atoms with van der Waals surface area (Å²) >= 11 is 0. The summed E-state index contributed by atoms with van der Waals surface area (Å²) in [4.78, 5) is 26.9. The number of benzene rings is 2. The van der Waals surface area contributed by atoms with Crippen molar-refractivity contribution in [2.45, 2.75) is 25.2 Å². The minimum atomic E-state index is 0.0281. The summed E-state index contributed by atoms with van der Waals surface area (Å²) in [6.07, 6.45) is 3.04. The van der Waals surface area contributed by atoms with Gasteiger partial charge in [0, 0.05) is 30.3 Å². The molecule has 2 atom stereocenters. The second kappa shape index (κ2) is 6.71. The molecule has 2 fully saturated rings. The number of carbonyl (C=O) groups is 2. The van der Waals surface area contributed by atoms with Gasteiger partial charge in [-0.3, -0.25) is 9.59 Å². The number of anilines is 1. The smallest absolute Gasteiger partial charge is 0.253 e.